The molecule has 0 aromatic heterocycles. The zero-order valence-corrected chi connectivity index (χ0v) is 12.9. The highest BCUT2D eigenvalue weighted by Crippen LogP contribution is 2.24. The van der Waals surface area contributed by atoms with E-state index in [1.807, 2.05) is 0 Å². The Morgan fingerprint density at radius 1 is 1.50 bits per heavy atom. The van der Waals surface area contributed by atoms with E-state index < -0.39 is 32.3 Å². The summed E-state index contributed by atoms with van der Waals surface area (Å²) < 4.78 is 45.0. The molecule has 0 aliphatic rings. The molecule has 1 aromatic carbocycles. The van der Waals surface area contributed by atoms with E-state index in [0.29, 0.717) is 6.61 Å². The summed E-state index contributed by atoms with van der Waals surface area (Å²) >= 11 is 2.95. The summed E-state index contributed by atoms with van der Waals surface area (Å²) in [5.41, 5.74) is -0.718. The number of benzene rings is 1. The lowest BCUT2D eigenvalue weighted by Crippen LogP contribution is -2.28. The smallest absolute Gasteiger partial charge is 0.338 e. The number of carboxylic acid groups (broad SMARTS) is 1. The van der Waals surface area contributed by atoms with Gasteiger partial charge in [0, 0.05) is 17.6 Å². The number of sulfonamides is 1. The lowest BCUT2D eigenvalue weighted by molar-refractivity contribution is 0.0691. The molecule has 0 aliphatic heterocycles. The molecule has 0 fully saturated rings. The van der Waals surface area contributed by atoms with Gasteiger partial charge < -0.3 is 9.84 Å². The summed E-state index contributed by atoms with van der Waals surface area (Å²) in [6, 6.07) is 2.00. The molecule has 2 N–H and O–H groups in total. The molecule has 1 aromatic rings. The van der Waals surface area contributed by atoms with Gasteiger partial charge in [0.25, 0.3) is 0 Å². The molecule has 0 saturated heterocycles. The number of ether oxygens (including phenoxy) is 1. The van der Waals surface area contributed by atoms with Crippen LogP contribution in [0.3, 0.4) is 0 Å². The van der Waals surface area contributed by atoms with Crippen LogP contribution in [0.4, 0.5) is 4.39 Å². The van der Waals surface area contributed by atoms with Crippen molar-refractivity contribution in [2.24, 2.45) is 0 Å². The van der Waals surface area contributed by atoms with Gasteiger partial charge in [-0.15, -0.1) is 0 Å². The molecule has 0 radical (unpaired) electrons. The third-order valence-electron chi connectivity index (χ3n) is 2.27. The number of rotatable bonds is 7. The predicted octanol–water partition coefficient (Wildman–Crippen LogP) is 1.60. The largest absolute Gasteiger partial charge is 0.478 e. The van der Waals surface area contributed by atoms with Crippen molar-refractivity contribution in [1.29, 1.82) is 0 Å². The first-order chi connectivity index (χ1) is 9.29. The van der Waals surface area contributed by atoms with E-state index >= 15 is 0 Å². The molecule has 0 aliphatic carbocycles. The summed E-state index contributed by atoms with van der Waals surface area (Å²) in [6.07, 6.45) is 0. The van der Waals surface area contributed by atoms with E-state index in [1.54, 1.807) is 6.92 Å². The maximum absolute atomic E-state index is 13.9. The van der Waals surface area contributed by atoms with Crippen LogP contribution in [-0.4, -0.2) is 39.3 Å². The molecule has 112 valence electrons. The Morgan fingerprint density at radius 3 is 2.70 bits per heavy atom. The maximum Gasteiger partial charge on any atom is 0.338 e. The predicted molar refractivity (Wildman–Crippen MR) is 72.7 cm³/mol. The number of carboxylic acids is 1. The number of carbonyl (C=O) groups is 1. The van der Waals surface area contributed by atoms with Crippen molar-refractivity contribution in [3.63, 3.8) is 0 Å². The van der Waals surface area contributed by atoms with Gasteiger partial charge in [0.1, 0.15) is 4.90 Å². The van der Waals surface area contributed by atoms with Gasteiger partial charge in [-0.1, -0.05) is 15.9 Å². The number of hydrogen-bond donors (Lipinski definition) is 2. The van der Waals surface area contributed by atoms with E-state index in [2.05, 4.69) is 20.7 Å². The maximum atomic E-state index is 13.9. The highest BCUT2D eigenvalue weighted by atomic mass is 79.9. The van der Waals surface area contributed by atoms with Crippen LogP contribution in [0, 0.1) is 5.82 Å². The SMILES string of the molecule is CCOCCNS(=O)(=O)c1cc(Br)cc(C(=O)O)c1F. The molecule has 0 heterocycles. The van der Waals surface area contributed by atoms with Crippen LogP contribution in [0.25, 0.3) is 0 Å². The molecule has 0 amide bonds. The van der Waals surface area contributed by atoms with E-state index in [4.69, 9.17) is 9.84 Å². The number of aromatic carboxylic acids is 1. The lowest BCUT2D eigenvalue weighted by Gasteiger charge is -2.10. The Balaban J connectivity index is 3.09. The minimum atomic E-state index is -4.15. The van der Waals surface area contributed by atoms with Crippen molar-refractivity contribution >= 4 is 31.9 Å². The molecule has 0 atom stereocenters. The molecular weight excluding hydrogens is 357 g/mol. The van der Waals surface area contributed by atoms with Gasteiger partial charge in [-0.05, 0) is 19.1 Å². The van der Waals surface area contributed by atoms with Crippen molar-refractivity contribution in [3.8, 4) is 0 Å². The zero-order valence-electron chi connectivity index (χ0n) is 10.5. The van der Waals surface area contributed by atoms with Gasteiger partial charge in [-0.25, -0.2) is 22.3 Å². The van der Waals surface area contributed by atoms with Crippen molar-refractivity contribution < 1.29 is 27.4 Å². The third kappa shape index (κ3) is 4.23. The fraction of sp³-hybridized carbons (Fsp3) is 0.364. The second kappa shape index (κ2) is 7.11. The van der Waals surface area contributed by atoms with E-state index in [9.17, 15) is 17.6 Å². The van der Waals surface area contributed by atoms with E-state index in [1.165, 1.54) is 0 Å². The second-order valence-electron chi connectivity index (χ2n) is 3.67. The molecule has 0 spiro atoms. The summed E-state index contributed by atoms with van der Waals surface area (Å²) in [5, 5.41) is 8.83. The molecule has 1 rings (SSSR count). The molecule has 6 nitrogen and oxygen atoms in total. The van der Waals surface area contributed by atoms with Crippen molar-refractivity contribution in [2.75, 3.05) is 19.8 Å². The normalized spacial score (nSPS) is 11.6. The molecule has 9 heteroatoms. The molecular formula is C11H13BrFNO5S. The summed E-state index contributed by atoms with van der Waals surface area (Å²) in [7, 11) is -4.15. The van der Waals surface area contributed by atoms with Crippen LogP contribution in [-0.2, 0) is 14.8 Å². The molecule has 20 heavy (non-hydrogen) atoms. The number of halogens is 2. The van der Waals surface area contributed by atoms with Crippen LogP contribution >= 0.6 is 15.9 Å². The quantitative estimate of drug-likeness (QED) is 0.712. The van der Waals surface area contributed by atoms with Crippen molar-refractivity contribution in [2.45, 2.75) is 11.8 Å². The highest BCUT2D eigenvalue weighted by Gasteiger charge is 2.24. The van der Waals surface area contributed by atoms with Gasteiger partial charge in [0.05, 0.1) is 12.2 Å². The number of hydrogen-bond acceptors (Lipinski definition) is 4. The Kier molecular flexibility index (Phi) is 6.06. The average Bonchev–Trinajstić information content (AvgIpc) is 2.36. The van der Waals surface area contributed by atoms with Gasteiger partial charge in [-0.3, -0.25) is 0 Å². The first-order valence-corrected chi connectivity index (χ1v) is 7.87. The third-order valence-corrected chi connectivity index (χ3v) is 4.18. The van der Waals surface area contributed by atoms with Gasteiger partial charge in [-0.2, -0.15) is 0 Å². The van der Waals surface area contributed by atoms with Crippen LogP contribution in [0.5, 0.6) is 0 Å². The van der Waals surface area contributed by atoms with Crippen molar-refractivity contribution in [1.82, 2.24) is 4.72 Å². The highest BCUT2D eigenvalue weighted by molar-refractivity contribution is 9.10. The van der Waals surface area contributed by atoms with Crippen LogP contribution < -0.4 is 4.72 Å². The Bertz CT molecular complexity index is 605. The van der Waals surface area contributed by atoms with Crippen LogP contribution in [0.15, 0.2) is 21.5 Å². The topological polar surface area (TPSA) is 92.7 Å². The average molecular weight is 370 g/mol. The summed E-state index contributed by atoms with van der Waals surface area (Å²) in [5.74, 6) is -2.85. The summed E-state index contributed by atoms with van der Waals surface area (Å²) in [4.78, 5) is 10.1. The first-order valence-electron chi connectivity index (χ1n) is 5.59. The Morgan fingerprint density at radius 2 is 2.15 bits per heavy atom. The lowest BCUT2D eigenvalue weighted by atomic mass is 10.2. The van der Waals surface area contributed by atoms with Gasteiger partial charge in [0.2, 0.25) is 10.0 Å². The molecule has 0 unspecified atom stereocenters. The fourth-order valence-electron chi connectivity index (χ4n) is 1.39. The van der Waals surface area contributed by atoms with Crippen molar-refractivity contribution in [3.05, 3.63) is 28.0 Å². The standard InChI is InChI=1S/C11H13BrFNO5S/c1-2-19-4-3-14-20(17,18)9-6-7(12)5-8(10(9)13)11(15)16/h5-6,14H,2-4H2,1H3,(H,15,16). The molecule has 0 saturated carbocycles. The van der Waals surface area contributed by atoms with Gasteiger partial charge in [0.15, 0.2) is 5.82 Å². The van der Waals surface area contributed by atoms with Gasteiger partial charge >= 0.3 is 5.97 Å². The fourth-order valence-corrected chi connectivity index (χ4v) is 3.13. The summed E-state index contributed by atoms with van der Waals surface area (Å²) in [6.45, 7) is 2.28. The van der Waals surface area contributed by atoms with Crippen LogP contribution in [0.1, 0.15) is 17.3 Å². The molecule has 0 bridgehead atoms. The van der Waals surface area contributed by atoms with Crippen LogP contribution in [0.2, 0.25) is 0 Å². The van der Waals surface area contributed by atoms with E-state index in [0.717, 1.165) is 12.1 Å². The monoisotopic (exact) mass is 369 g/mol. The zero-order chi connectivity index (χ0) is 15.3. The first kappa shape index (κ1) is 17.0. The minimum absolute atomic E-state index is 0.0372. The minimum Gasteiger partial charge on any atom is -0.478 e. The van der Waals surface area contributed by atoms with E-state index in [-0.39, 0.29) is 17.6 Å². The Hall–Kier alpha value is -1.03. The Labute approximate surface area is 124 Å². The second-order valence-corrected chi connectivity index (χ2v) is 6.32. The number of nitrogens with one attached hydrogen (secondary N) is 1.